The Bertz CT molecular complexity index is 340. The minimum Gasteiger partial charge on any atom is -0.545 e. The first-order valence-electron chi connectivity index (χ1n) is 3.49. The molecule has 0 radical (unpaired) electrons. The second kappa shape index (κ2) is 3.22. The minimum atomic E-state index is -1.40. The van der Waals surface area contributed by atoms with E-state index in [1.165, 1.54) is 25.1 Å². The van der Waals surface area contributed by atoms with E-state index in [9.17, 15) is 20.0 Å². The Kier molecular flexibility index (Phi) is 2.27. The van der Waals surface area contributed by atoms with Gasteiger partial charge in [-0.25, -0.2) is 0 Å². The van der Waals surface area contributed by atoms with Crippen LogP contribution in [0.2, 0.25) is 0 Å². The third kappa shape index (κ3) is 1.64. The molecule has 0 bridgehead atoms. The molecule has 0 unspecified atom stereocenters. The molecule has 1 rings (SSSR count). The van der Waals surface area contributed by atoms with E-state index >= 15 is 0 Å². The van der Waals surface area contributed by atoms with Gasteiger partial charge in [0.25, 0.3) is 5.69 Å². The molecule has 0 saturated carbocycles. The summed E-state index contributed by atoms with van der Waals surface area (Å²) >= 11 is 0. The number of carbonyl (C=O) groups is 1. The van der Waals surface area contributed by atoms with Gasteiger partial charge < -0.3 is 9.90 Å². The summed E-state index contributed by atoms with van der Waals surface area (Å²) in [5.41, 5.74) is -0.233. The van der Waals surface area contributed by atoms with Gasteiger partial charge in [-0.1, -0.05) is 12.1 Å². The van der Waals surface area contributed by atoms with Crippen molar-refractivity contribution in [2.75, 3.05) is 0 Å². The van der Waals surface area contributed by atoms with Crippen LogP contribution in [0.3, 0.4) is 0 Å². The predicted octanol–water partition coefficient (Wildman–Crippen LogP) is 0.267. The van der Waals surface area contributed by atoms with Crippen LogP contribution < -0.4 is 5.11 Å². The highest BCUT2D eigenvalue weighted by atomic mass is 16.6. The largest absolute Gasteiger partial charge is 0.545 e. The van der Waals surface area contributed by atoms with Crippen molar-refractivity contribution < 1.29 is 14.8 Å². The second-order valence-electron chi connectivity index (χ2n) is 2.49. The monoisotopic (exact) mass is 180 g/mol. The van der Waals surface area contributed by atoms with Crippen molar-refractivity contribution in [3.63, 3.8) is 0 Å². The first-order valence-corrected chi connectivity index (χ1v) is 3.49. The standard InChI is InChI=1S/C8H7NO4/c1-5-6(8(10)11)3-2-4-7(5)9(12)13/h2-4H,1H3,(H,10,11)/p-1. The molecule has 0 N–H and O–H groups in total. The molecule has 68 valence electrons. The Balaban J connectivity index is 3.35. The van der Waals surface area contributed by atoms with E-state index in [1.54, 1.807) is 0 Å². The van der Waals surface area contributed by atoms with Gasteiger partial charge in [-0.15, -0.1) is 0 Å². The first kappa shape index (κ1) is 9.18. The SMILES string of the molecule is Cc1c(C(=O)[O-])cccc1[N+](=O)[O-]. The van der Waals surface area contributed by atoms with Crippen molar-refractivity contribution in [2.24, 2.45) is 0 Å². The van der Waals surface area contributed by atoms with Crippen LogP contribution in [-0.2, 0) is 0 Å². The van der Waals surface area contributed by atoms with Crippen LogP contribution in [0.1, 0.15) is 15.9 Å². The number of nitro benzene ring substituents is 1. The van der Waals surface area contributed by atoms with Crippen LogP contribution in [0.4, 0.5) is 5.69 Å². The van der Waals surface area contributed by atoms with E-state index in [0.29, 0.717) is 0 Å². The third-order valence-corrected chi connectivity index (χ3v) is 1.72. The summed E-state index contributed by atoms with van der Waals surface area (Å²) in [5, 5.41) is 20.9. The maximum atomic E-state index is 10.5. The molecule has 0 atom stereocenters. The van der Waals surface area contributed by atoms with Gasteiger partial charge in [0.1, 0.15) is 0 Å². The number of carboxylic acids is 1. The molecule has 5 nitrogen and oxygen atoms in total. The van der Waals surface area contributed by atoms with Crippen molar-refractivity contribution in [1.82, 2.24) is 0 Å². The number of carboxylic acid groups (broad SMARTS) is 1. The molecular weight excluding hydrogens is 174 g/mol. The van der Waals surface area contributed by atoms with Crippen molar-refractivity contribution in [3.05, 3.63) is 39.4 Å². The zero-order valence-electron chi connectivity index (χ0n) is 6.81. The van der Waals surface area contributed by atoms with E-state index in [2.05, 4.69) is 0 Å². The van der Waals surface area contributed by atoms with E-state index in [0.717, 1.165) is 0 Å². The van der Waals surface area contributed by atoms with Crippen LogP contribution in [-0.4, -0.2) is 10.9 Å². The molecule has 5 heteroatoms. The summed E-state index contributed by atoms with van der Waals surface area (Å²) in [6.07, 6.45) is 0. The zero-order chi connectivity index (χ0) is 10.0. The molecule has 0 fully saturated rings. The van der Waals surface area contributed by atoms with Gasteiger partial charge in [0.05, 0.1) is 10.9 Å². The Hall–Kier alpha value is -1.91. The molecule has 0 spiro atoms. The lowest BCUT2D eigenvalue weighted by atomic mass is 10.1. The predicted molar refractivity (Wildman–Crippen MR) is 42.2 cm³/mol. The quantitative estimate of drug-likeness (QED) is 0.483. The topological polar surface area (TPSA) is 83.3 Å². The highest BCUT2D eigenvalue weighted by Crippen LogP contribution is 2.20. The molecule has 1 aromatic carbocycles. The van der Waals surface area contributed by atoms with Crippen molar-refractivity contribution in [3.8, 4) is 0 Å². The summed E-state index contributed by atoms with van der Waals surface area (Å²) in [7, 11) is 0. The maximum absolute atomic E-state index is 10.5. The van der Waals surface area contributed by atoms with Gasteiger partial charge in [0, 0.05) is 17.2 Å². The van der Waals surface area contributed by atoms with Gasteiger partial charge in [-0.05, 0) is 6.92 Å². The van der Waals surface area contributed by atoms with Crippen LogP contribution in [0.25, 0.3) is 0 Å². The molecule has 0 heterocycles. The van der Waals surface area contributed by atoms with Gasteiger partial charge in [-0.3, -0.25) is 10.1 Å². The summed E-state index contributed by atoms with van der Waals surface area (Å²) < 4.78 is 0. The third-order valence-electron chi connectivity index (χ3n) is 1.72. The fraction of sp³-hybridized carbons (Fsp3) is 0.125. The summed E-state index contributed by atoms with van der Waals surface area (Å²) in [4.78, 5) is 20.2. The zero-order valence-corrected chi connectivity index (χ0v) is 6.81. The Morgan fingerprint density at radius 3 is 2.54 bits per heavy atom. The van der Waals surface area contributed by atoms with Gasteiger partial charge in [-0.2, -0.15) is 0 Å². The van der Waals surface area contributed by atoms with Crippen molar-refractivity contribution in [2.45, 2.75) is 6.92 Å². The molecule has 0 aliphatic rings. The average Bonchev–Trinajstić information content (AvgIpc) is 2.03. The lowest BCUT2D eigenvalue weighted by molar-refractivity contribution is -0.385. The number of nitrogens with zero attached hydrogens (tertiary/aromatic N) is 1. The highest BCUT2D eigenvalue weighted by Gasteiger charge is 2.12. The molecule has 13 heavy (non-hydrogen) atoms. The van der Waals surface area contributed by atoms with Gasteiger partial charge >= 0.3 is 0 Å². The van der Waals surface area contributed by atoms with E-state index in [-0.39, 0.29) is 16.8 Å². The molecule has 0 aromatic heterocycles. The molecule has 0 aliphatic carbocycles. The fourth-order valence-corrected chi connectivity index (χ4v) is 1.04. The molecule has 0 aliphatic heterocycles. The van der Waals surface area contributed by atoms with Crippen LogP contribution in [0, 0.1) is 17.0 Å². The average molecular weight is 180 g/mol. The minimum absolute atomic E-state index is 0.118. The number of rotatable bonds is 2. The molecule has 0 amide bonds. The highest BCUT2D eigenvalue weighted by molar-refractivity contribution is 5.88. The molecule has 1 aromatic rings. The molecule has 0 saturated heterocycles. The lowest BCUT2D eigenvalue weighted by Gasteiger charge is -2.05. The number of carbonyl (C=O) groups excluding carboxylic acids is 1. The summed E-state index contributed by atoms with van der Waals surface area (Å²) in [6, 6.07) is 3.84. The normalized spacial score (nSPS) is 9.62. The molecular formula is C8H6NO4-. The summed E-state index contributed by atoms with van der Waals surface area (Å²) in [5.74, 6) is -1.40. The van der Waals surface area contributed by atoms with E-state index in [4.69, 9.17) is 0 Å². The number of hydrogen-bond donors (Lipinski definition) is 0. The fourth-order valence-electron chi connectivity index (χ4n) is 1.04. The smallest absolute Gasteiger partial charge is 0.272 e. The first-order chi connectivity index (χ1) is 6.04. The van der Waals surface area contributed by atoms with Crippen molar-refractivity contribution in [1.29, 1.82) is 0 Å². The number of benzene rings is 1. The van der Waals surface area contributed by atoms with Crippen LogP contribution >= 0.6 is 0 Å². The number of nitro groups is 1. The Morgan fingerprint density at radius 2 is 2.08 bits per heavy atom. The van der Waals surface area contributed by atoms with Crippen LogP contribution in [0.5, 0.6) is 0 Å². The maximum Gasteiger partial charge on any atom is 0.272 e. The summed E-state index contributed by atoms with van der Waals surface area (Å²) in [6.45, 7) is 1.38. The van der Waals surface area contributed by atoms with E-state index < -0.39 is 10.9 Å². The van der Waals surface area contributed by atoms with Gasteiger partial charge in [0.2, 0.25) is 0 Å². The van der Waals surface area contributed by atoms with E-state index in [1.807, 2.05) is 0 Å². The number of aromatic carboxylic acids is 1. The number of hydrogen-bond acceptors (Lipinski definition) is 4. The van der Waals surface area contributed by atoms with Crippen molar-refractivity contribution >= 4 is 11.7 Å². The lowest BCUT2D eigenvalue weighted by Crippen LogP contribution is -2.23. The Labute approximate surface area is 73.8 Å². The van der Waals surface area contributed by atoms with Crippen LogP contribution in [0.15, 0.2) is 18.2 Å². The second-order valence-corrected chi connectivity index (χ2v) is 2.49. The Morgan fingerprint density at radius 1 is 1.46 bits per heavy atom. The van der Waals surface area contributed by atoms with Gasteiger partial charge in [0.15, 0.2) is 0 Å².